The molecular formula is C16H21NO4S. The highest BCUT2D eigenvalue weighted by molar-refractivity contribution is 8.00. The zero-order valence-electron chi connectivity index (χ0n) is 13.0. The first-order chi connectivity index (χ1) is 10.3. The molecule has 0 unspecified atom stereocenters. The Morgan fingerprint density at radius 1 is 1.32 bits per heavy atom. The summed E-state index contributed by atoms with van der Waals surface area (Å²) in [6.07, 6.45) is 0.528. The second-order valence-corrected chi connectivity index (χ2v) is 7.60. The van der Waals surface area contributed by atoms with Crippen molar-refractivity contribution in [2.45, 2.75) is 42.9 Å². The molecule has 1 atom stereocenters. The number of thioether (sulfide) groups is 1. The lowest BCUT2D eigenvalue weighted by molar-refractivity contribution is 0.0295. The Labute approximate surface area is 134 Å². The summed E-state index contributed by atoms with van der Waals surface area (Å²) in [6.45, 7) is 6.75. The van der Waals surface area contributed by atoms with Crippen molar-refractivity contribution in [3.63, 3.8) is 0 Å². The first-order valence-electron chi connectivity index (χ1n) is 7.23. The Bertz CT molecular complexity index is 568. The van der Waals surface area contributed by atoms with Gasteiger partial charge in [0.2, 0.25) is 0 Å². The van der Waals surface area contributed by atoms with Crippen molar-refractivity contribution >= 4 is 23.8 Å². The van der Waals surface area contributed by atoms with Crippen LogP contribution >= 0.6 is 11.8 Å². The molecule has 6 heteroatoms. The topological polar surface area (TPSA) is 66.8 Å². The monoisotopic (exact) mass is 323 g/mol. The van der Waals surface area contributed by atoms with Crippen molar-refractivity contribution < 1.29 is 19.4 Å². The molecule has 1 N–H and O–H groups in total. The first-order valence-corrected chi connectivity index (χ1v) is 8.11. The maximum Gasteiger partial charge on any atom is 0.410 e. The zero-order chi connectivity index (χ0) is 16.3. The average molecular weight is 323 g/mol. The molecule has 1 amide bonds. The third-order valence-electron chi connectivity index (χ3n) is 3.21. The number of carbonyl (C=O) groups excluding carboxylic acids is 1. The van der Waals surface area contributed by atoms with E-state index in [0.29, 0.717) is 18.7 Å². The van der Waals surface area contributed by atoms with Crippen LogP contribution in [0.4, 0.5) is 4.79 Å². The van der Waals surface area contributed by atoms with E-state index >= 15 is 0 Å². The minimum Gasteiger partial charge on any atom is -0.478 e. The average Bonchev–Trinajstić information content (AvgIpc) is 2.86. The van der Waals surface area contributed by atoms with Gasteiger partial charge in [-0.3, -0.25) is 0 Å². The van der Waals surface area contributed by atoms with E-state index < -0.39 is 11.6 Å². The molecule has 1 aromatic rings. The van der Waals surface area contributed by atoms with Crippen LogP contribution in [0.3, 0.4) is 0 Å². The van der Waals surface area contributed by atoms with E-state index in [4.69, 9.17) is 4.74 Å². The molecule has 22 heavy (non-hydrogen) atoms. The van der Waals surface area contributed by atoms with Gasteiger partial charge in [-0.25, -0.2) is 9.59 Å². The van der Waals surface area contributed by atoms with Crippen molar-refractivity contribution in [1.82, 2.24) is 4.90 Å². The molecule has 0 spiro atoms. The summed E-state index contributed by atoms with van der Waals surface area (Å²) in [6, 6.07) is 6.96. The number of hydrogen-bond donors (Lipinski definition) is 1. The Kier molecular flexibility index (Phi) is 5.01. The molecule has 2 rings (SSSR count). The van der Waals surface area contributed by atoms with Crippen LogP contribution in [0.2, 0.25) is 0 Å². The molecule has 0 aliphatic carbocycles. The fourth-order valence-corrected chi connectivity index (χ4v) is 3.52. The molecule has 0 saturated carbocycles. The molecule has 1 fully saturated rings. The van der Waals surface area contributed by atoms with Crippen LogP contribution in [0.25, 0.3) is 0 Å². The fourth-order valence-electron chi connectivity index (χ4n) is 2.24. The summed E-state index contributed by atoms with van der Waals surface area (Å²) >= 11 is 1.52. The molecule has 1 aromatic carbocycles. The molecule has 0 aromatic heterocycles. The van der Waals surface area contributed by atoms with Gasteiger partial charge in [0.1, 0.15) is 5.60 Å². The minimum atomic E-state index is -0.926. The standard InChI is InChI=1S/C16H21NO4S/c1-16(2,3)21-15(20)17-9-8-11(10-17)22-13-7-5-4-6-12(13)14(18)19/h4-7,11H,8-10H2,1-3H3,(H,18,19)/t11-/m0/s1. The van der Waals surface area contributed by atoms with Gasteiger partial charge < -0.3 is 14.7 Å². The molecule has 1 heterocycles. The van der Waals surface area contributed by atoms with Crippen LogP contribution in [0, 0.1) is 0 Å². The lowest BCUT2D eigenvalue weighted by Crippen LogP contribution is -2.35. The summed E-state index contributed by atoms with van der Waals surface area (Å²) in [4.78, 5) is 25.7. The van der Waals surface area contributed by atoms with Crippen LogP contribution in [0.5, 0.6) is 0 Å². The van der Waals surface area contributed by atoms with E-state index in [9.17, 15) is 14.7 Å². The number of aromatic carboxylic acids is 1. The summed E-state index contributed by atoms with van der Waals surface area (Å²) in [7, 11) is 0. The summed E-state index contributed by atoms with van der Waals surface area (Å²) in [5.41, 5.74) is -0.193. The quantitative estimate of drug-likeness (QED) is 0.922. The SMILES string of the molecule is CC(C)(C)OC(=O)N1CC[C@H](Sc2ccccc2C(=O)O)C1. The van der Waals surface area contributed by atoms with E-state index in [1.54, 1.807) is 17.0 Å². The number of carbonyl (C=O) groups is 2. The van der Waals surface area contributed by atoms with Gasteiger partial charge in [0.25, 0.3) is 0 Å². The first kappa shape index (κ1) is 16.7. The number of nitrogens with zero attached hydrogens (tertiary/aromatic N) is 1. The van der Waals surface area contributed by atoms with Gasteiger partial charge >= 0.3 is 12.1 Å². The Hall–Kier alpha value is -1.69. The van der Waals surface area contributed by atoms with Gasteiger partial charge in [-0.1, -0.05) is 12.1 Å². The van der Waals surface area contributed by atoms with Gasteiger partial charge in [0.15, 0.2) is 0 Å². The number of hydrogen-bond acceptors (Lipinski definition) is 4. The van der Waals surface area contributed by atoms with Crippen LogP contribution in [0.1, 0.15) is 37.6 Å². The maximum absolute atomic E-state index is 12.0. The molecule has 1 saturated heterocycles. The van der Waals surface area contributed by atoms with Crippen molar-refractivity contribution in [2.24, 2.45) is 0 Å². The van der Waals surface area contributed by atoms with E-state index in [1.807, 2.05) is 32.9 Å². The van der Waals surface area contributed by atoms with Crippen LogP contribution < -0.4 is 0 Å². The Balaban J connectivity index is 1.97. The number of likely N-dealkylation sites (tertiary alicyclic amines) is 1. The molecule has 0 bridgehead atoms. The van der Waals surface area contributed by atoms with E-state index in [-0.39, 0.29) is 11.3 Å². The fraction of sp³-hybridized carbons (Fsp3) is 0.500. The van der Waals surface area contributed by atoms with Crippen LogP contribution in [-0.2, 0) is 4.74 Å². The number of carboxylic acid groups (broad SMARTS) is 1. The van der Waals surface area contributed by atoms with Crippen molar-refractivity contribution in [1.29, 1.82) is 0 Å². The third-order valence-corrected chi connectivity index (χ3v) is 4.54. The highest BCUT2D eigenvalue weighted by Crippen LogP contribution is 2.32. The van der Waals surface area contributed by atoms with Crippen molar-refractivity contribution in [3.05, 3.63) is 29.8 Å². The highest BCUT2D eigenvalue weighted by atomic mass is 32.2. The Morgan fingerprint density at radius 3 is 2.64 bits per heavy atom. The van der Waals surface area contributed by atoms with Gasteiger partial charge in [0, 0.05) is 23.2 Å². The number of rotatable bonds is 3. The van der Waals surface area contributed by atoms with Crippen molar-refractivity contribution in [3.8, 4) is 0 Å². The summed E-state index contributed by atoms with van der Waals surface area (Å²) < 4.78 is 5.37. The maximum atomic E-state index is 12.0. The molecule has 0 radical (unpaired) electrons. The summed E-state index contributed by atoms with van der Waals surface area (Å²) in [5, 5.41) is 9.40. The predicted molar refractivity (Wildman–Crippen MR) is 85.5 cm³/mol. The molecule has 120 valence electrons. The van der Waals surface area contributed by atoms with Gasteiger partial charge in [0.05, 0.1) is 5.56 Å². The molecule has 5 nitrogen and oxygen atoms in total. The predicted octanol–water partition coefficient (Wildman–Crippen LogP) is 3.49. The number of amides is 1. The van der Waals surface area contributed by atoms with E-state index in [1.165, 1.54) is 11.8 Å². The third kappa shape index (κ3) is 4.40. The second kappa shape index (κ2) is 6.60. The lowest BCUT2D eigenvalue weighted by Gasteiger charge is -2.24. The zero-order valence-corrected chi connectivity index (χ0v) is 13.9. The Morgan fingerprint density at radius 2 is 2.00 bits per heavy atom. The molecule has 1 aliphatic heterocycles. The van der Waals surface area contributed by atoms with E-state index in [2.05, 4.69) is 0 Å². The lowest BCUT2D eigenvalue weighted by atomic mass is 10.2. The van der Waals surface area contributed by atoms with Gasteiger partial charge in [-0.15, -0.1) is 11.8 Å². The van der Waals surface area contributed by atoms with Crippen LogP contribution in [0.15, 0.2) is 29.2 Å². The number of benzene rings is 1. The summed E-state index contributed by atoms with van der Waals surface area (Å²) in [5.74, 6) is -0.926. The van der Waals surface area contributed by atoms with E-state index in [0.717, 1.165) is 11.3 Å². The second-order valence-electron chi connectivity index (χ2n) is 6.26. The molecular weight excluding hydrogens is 302 g/mol. The molecule has 1 aliphatic rings. The largest absolute Gasteiger partial charge is 0.478 e. The highest BCUT2D eigenvalue weighted by Gasteiger charge is 2.30. The number of carboxylic acids is 1. The number of ether oxygens (including phenoxy) is 1. The smallest absolute Gasteiger partial charge is 0.410 e. The van der Waals surface area contributed by atoms with Crippen molar-refractivity contribution in [2.75, 3.05) is 13.1 Å². The van der Waals surface area contributed by atoms with Gasteiger partial charge in [-0.2, -0.15) is 0 Å². The van der Waals surface area contributed by atoms with Crippen LogP contribution in [-0.4, -0.2) is 46.0 Å². The minimum absolute atomic E-state index is 0.188. The normalized spacial score (nSPS) is 18.3. The van der Waals surface area contributed by atoms with Gasteiger partial charge in [-0.05, 0) is 39.3 Å².